The van der Waals surface area contributed by atoms with Crippen molar-refractivity contribution in [3.63, 3.8) is 0 Å². The number of anilines is 1. The molecule has 0 spiro atoms. The van der Waals surface area contributed by atoms with Gasteiger partial charge in [0.25, 0.3) is 0 Å². The standard InChI is InChI=1S/C18H17NO2S/c1-3-21-18(20)17-16(13-9-5-4-6-10-13)19(2)14-11-7-8-12-15(14)22-17/h4-12H,3H2,1-2H3. The molecule has 2 aromatic carbocycles. The Labute approximate surface area is 134 Å². The normalized spacial score (nSPS) is 13.8. The molecule has 0 saturated heterocycles. The number of hydrogen-bond donors (Lipinski definition) is 0. The molecule has 0 N–H and O–H groups in total. The number of esters is 1. The lowest BCUT2D eigenvalue weighted by molar-refractivity contribution is -0.137. The first-order chi connectivity index (χ1) is 10.7. The van der Waals surface area contributed by atoms with Gasteiger partial charge in [-0.05, 0) is 24.6 Å². The molecular formula is C18H17NO2S. The fraction of sp³-hybridized carbons (Fsp3) is 0.167. The first kappa shape index (κ1) is 14.7. The zero-order valence-corrected chi connectivity index (χ0v) is 13.4. The van der Waals surface area contributed by atoms with Crippen LogP contribution < -0.4 is 4.90 Å². The van der Waals surface area contributed by atoms with Gasteiger partial charge in [-0.25, -0.2) is 4.79 Å². The quantitative estimate of drug-likeness (QED) is 0.796. The Hall–Kier alpha value is -2.20. The molecule has 0 amide bonds. The van der Waals surface area contributed by atoms with Crippen molar-refractivity contribution in [3.05, 3.63) is 65.1 Å². The zero-order chi connectivity index (χ0) is 15.5. The Morgan fingerprint density at radius 2 is 1.77 bits per heavy atom. The van der Waals surface area contributed by atoms with Crippen LogP contribution in [0.5, 0.6) is 0 Å². The van der Waals surface area contributed by atoms with Crippen LogP contribution in [0.1, 0.15) is 12.5 Å². The van der Waals surface area contributed by atoms with E-state index >= 15 is 0 Å². The molecule has 0 fully saturated rings. The van der Waals surface area contributed by atoms with E-state index in [1.165, 1.54) is 11.8 Å². The number of rotatable bonds is 3. The Kier molecular flexibility index (Phi) is 4.20. The third-order valence-electron chi connectivity index (χ3n) is 3.50. The monoisotopic (exact) mass is 311 g/mol. The molecule has 0 bridgehead atoms. The van der Waals surface area contributed by atoms with Crippen LogP contribution in [0.4, 0.5) is 5.69 Å². The highest BCUT2D eigenvalue weighted by molar-refractivity contribution is 8.04. The first-order valence-corrected chi connectivity index (χ1v) is 8.01. The third kappa shape index (κ3) is 2.62. The van der Waals surface area contributed by atoms with Crippen molar-refractivity contribution in [2.24, 2.45) is 0 Å². The highest BCUT2D eigenvalue weighted by Crippen LogP contribution is 2.46. The maximum Gasteiger partial charge on any atom is 0.347 e. The third-order valence-corrected chi connectivity index (χ3v) is 4.63. The molecule has 3 nitrogen and oxygen atoms in total. The van der Waals surface area contributed by atoms with Gasteiger partial charge < -0.3 is 9.64 Å². The van der Waals surface area contributed by atoms with Crippen LogP contribution in [0.3, 0.4) is 0 Å². The number of carbonyl (C=O) groups excluding carboxylic acids is 1. The van der Waals surface area contributed by atoms with Crippen molar-refractivity contribution < 1.29 is 9.53 Å². The van der Waals surface area contributed by atoms with E-state index in [1.54, 1.807) is 0 Å². The molecule has 0 unspecified atom stereocenters. The van der Waals surface area contributed by atoms with E-state index in [4.69, 9.17) is 4.74 Å². The summed E-state index contributed by atoms with van der Waals surface area (Å²) >= 11 is 1.48. The number of para-hydroxylation sites is 1. The predicted octanol–water partition coefficient (Wildman–Crippen LogP) is 4.16. The van der Waals surface area contributed by atoms with Gasteiger partial charge in [-0.1, -0.05) is 54.2 Å². The summed E-state index contributed by atoms with van der Waals surface area (Å²) in [5.41, 5.74) is 3.00. The van der Waals surface area contributed by atoms with Crippen molar-refractivity contribution in [3.8, 4) is 0 Å². The second-order valence-corrected chi connectivity index (χ2v) is 5.95. The van der Waals surface area contributed by atoms with Crippen LogP contribution in [-0.4, -0.2) is 19.6 Å². The largest absolute Gasteiger partial charge is 0.462 e. The highest BCUT2D eigenvalue weighted by Gasteiger charge is 2.29. The number of thioether (sulfide) groups is 1. The molecule has 1 aliphatic heterocycles. The average Bonchev–Trinajstić information content (AvgIpc) is 2.56. The van der Waals surface area contributed by atoms with Crippen LogP contribution in [0.15, 0.2) is 64.4 Å². The van der Waals surface area contributed by atoms with Crippen LogP contribution >= 0.6 is 11.8 Å². The van der Waals surface area contributed by atoms with Gasteiger partial charge in [0.15, 0.2) is 0 Å². The lowest BCUT2D eigenvalue weighted by Gasteiger charge is -2.31. The zero-order valence-electron chi connectivity index (χ0n) is 12.6. The minimum Gasteiger partial charge on any atom is -0.462 e. The summed E-state index contributed by atoms with van der Waals surface area (Å²) < 4.78 is 5.25. The lowest BCUT2D eigenvalue weighted by Crippen LogP contribution is -2.23. The van der Waals surface area contributed by atoms with E-state index in [9.17, 15) is 4.79 Å². The van der Waals surface area contributed by atoms with E-state index in [0.717, 1.165) is 21.8 Å². The number of hydrogen-bond acceptors (Lipinski definition) is 4. The summed E-state index contributed by atoms with van der Waals surface area (Å²) in [5.74, 6) is -0.271. The Bertz CT molecular complexity index is 725. The number of carbonyl (C=O) groups is 1. The molecule has 4 heteroatoms. The molecule has 0 radical (unpaired) electrons. The first-order valence-electron chi connectivity index (χ1n) is 7.19. The van der Waals surface area contributed by atoms with Crippen LogP contribution in [0, 0.1) is 0 Å². The minimum absolute atomic E-state index is 0.271. The molecule has 0 aliphatic carbocycles. The molecule has 0 saturated carbocycles. The van der Waals surface area contributed by atoms with E-state index in [1.807, 2.05) is 62.5 Å². The summed E-state index contributed by atoms with van der Waals surface area (Å²) in [5, 5.41) is 0. The maximum atomic E-state index is 12.4. The minimum atomic E-state index is -0.271. The molecule has 2 aromatic rings. The molecule has 0 atom stereocenters. The van der Waals surface area contributed by atoms with Crippen LogP contribution in [0.25, 0.3) is 5.70 Å². The molecule has 112 valence electrons. The lowest BCUT2D eigenvalue weighted by atomic mass is 10.1. The van der Waals surface area contributed by atoms with Crippen molar-refractivity contribution in [1.29, 1.82) is 0 Å². The van der Waals surface area contributed by atoms with Gasteiger partial charge in [-0.15, -0.1) is 0 Å². The summed E-state index contributed by atoms with van der Waals surface area (Å²) in [7, 11) is 1.99. The van der Waals surface area contributed by atoms with Crippen molar-refractivity contribution in [2.75, 3.05) is 18.6 Å². The SMILES string of the molecule is CCOC(=O)C1=C(c2ccccc2)N(C)c2ccccc2S1. The van der Waals surface area contributed by atoms with Crippen molar-refractivity contribution >= 4 is 29.1 Å². The number of fused-ring (bicyclic) bond motifs is 1. The topological polar surface area (TPSA) is 29.5 Å². The Balaban J connectivity index is 2.15. The summed E-state index contributed by atoms with van der Waals surface area (Å²) in [4.78, 5) is 16.2. The number of ether oxygens (including phenoxy) is 1. The molecule has 3 rings (SSSR count). The number of nitrogens with zero attached hydrogens (tertiary/aromatic N) is 1. The summed E-state index contributed by atoms with van der Waals surface area (Å²) in [6, 6.07) is 18.0. The van der Waals surface area contributed by atoms with Crippen molar-refractivity contribution in [1.82, 2.24) is 0 Å². The molecule has 1 heterocycles. The Morgan fingerprint density at radius 3 is 2.50 bits per heavy atom. The molecular weight excluding hydrogens is 294 g/mol. The van der Waals surface area contributed by atoms with Gasteiger partial charge >= 0.3 is 5.97 Å². The average molecular weight is 311 g/mol. The van der Waals surface area contributed by atoms with Crippen molar-refractivity contribution in [2.45, 2.75) is 11.8 Å². The van der Waals surface area contributed by atoms with Gasteiger partial charge in [0.1, 0.15) is 4.91 Å². The maximum absolute atomic E-state index is 12.4. The van der Waals surface area contributed by atoms with Gasteiger partial charge in [-0.2, -0.15) is 0 Å². The van der Waals surface area contributed by atoms with E-state index in [0.29, 0.717) is 11.5 Å². The van der Waals surface area contributed by atoms with Gasteiger partial charge in [0.05, 0.1) is 18.0 Å². The van der Waals surface area contributed by atoms with Gasteiger partial charge in [0, 0.05) is 11.9 Å². The summed E-state index contributed by atoms with van der Waals surface area (Å²) in [6.07, 6.45) is 0. The van der Waals surface area contributed by atoms with Gasteiger partial charge in [0.2, 0.25) is 0 Å². The molecule has 0 aromatic heterocycles. The second-order valence-electron chi connectivity index (χ2n) is 4.89. The fourth-order valence-electron chi connectivity index (χ4n) is 2.51. The van der Waals surface area contributed by atoms with Crippen LogP contribution in [0.2, 0.25) is 0 Å². The van der Waals surface area contributed by atoms with Crippen LogP contribution in [-0.2, 0) is 9.53 Å². The molecule has 1 aliphatic rings. The van der Waals surface area contributed by atoms with E-state index in [2.05, 4.69) is 11.0 Å². The second kappa shape index (κ2) is 6.28. The van der Waals surface area contributed by atoms with E-state index < -0.39 is 0 Å². The molecule has 22 heavy (non-hydrogen) atoms. The fourth-order valence-corrected chi connectivity index (χ4v) is 3.68. The number of benzene rings is 2. The Morgan fingerprint density at radius 1 is 1.09 bits per heavy atom. The predicted molar refractivity (Wildman–Crippen MR) is 90.7 cm³/mol. The smallest absolute Gasteiger partial charge is 0.347 e. The van der Waals surface area contributed by atoms with Gasteiger partial charge in [-0.3, -0.25) is 0 Å². The van der Waals surface area contributed by atoms with E-state index in [-0.39, 0.29) is 5.97 Å². The highest BCUT2D eigenvalue weighted by atomic mass is 32.2. The summed E-state index contributed by atoms with van der Waals surface area (Å²) in [6.45, 7) is 2.20.